The third kappa shape index (κ3) is 3.98. The second kappa shape index (κ2) is 8.20. The third-order valence-corrected chi connectivity index (χ3v) is 5.89. The Balaban J connectivity index is 1.59. The van der Waals surface area contributed by atoms with E-state index < -0.39 is 17.5 Å². The van der Waals surface area contributed by atoms with Gasteiger partial charge in [-0.25, -0.2) is 4.79 Å². The molecular formula is C21H28N2O5. The van der Waals surface area contributed by atoms with Crippen LogP contribution in [0.4, 0.5) is 4.79 Å². The third-order valence-electron chi connectivity index (χ3n) is 5.89. The SMILES string of the molecule is CCC1CCC2(CC1)NC(=O)N(CC(=O)OCc1cc(C)ccc1OC)C2=O. The van der Waals surface area contributed by atoms with Crippen LogP contribution in [0.25, 0.3) is 0 Å². The van der Waals surface area contributed by atoms with Gasteiger partial charge in [-0.05, 0) is 50.7 Å². The van der Waals surface area contributed by atoms with Gasteiger partial charge in [0.15, 0.2) is 0 Å². The minimum Gasteiger partial charge on any atom is -0.496 e. The minimum absolute atomic E-state index is 0.0245. The molecule has 1 aliphatic heterocycles. The van der Waals surface area contributed by atoms with Crippen molar-refractivity contribution in [1.29, 1.82) is 0 Å². The van der Waals surface area contributed by atoms with Crippen LogP contribution in [0.1, 0.15) is 50.2 Å². The molecule has 1 aromatic rings. The van der Waals surface area contributed by atoms with Gasteiger partial charge < -0.3 is 14.8 Å². The number of carbonyl (C=O) groups excluding carboxylic acids is 3. The number of imide groups is 1. The smallest absolute Gasteiger partial charge is 0.326 e. The van der Waals surface area contributed by atoms with E-state index in [2.05, 4.69) is 12.2 Å². The molecule has 152 valence electrons. The zero-order valence-corrected chi connectivity index (χ0v) is 16.7. The van der Waals surface area contributed by atoms with Crippen molar-refractivity contribution < 1.29 is 23.9 Å². The summed E-state index contributed by atoms with van der Waals surface area (Å²) >= 11 is 0. The number of amides is 3. The summed E-state index contributed by atoms with van der Waals surface area (Å²) in [6.45, 7) is 3.72. The maximum absolute atomic E-state index is 12.9. The highest BCUT2D eigenvalue weighted by molar-refractivity contribution is 6.08. The maximum atomic E-state index is 12.9. The summed E-state index contributed by atoms with van der Waals surface area (Å²) in [5.41, 5.74) is 0.913. The molecule has 3 amide bonds. The lowest BCUT2D eigenvalue weighted by Gasteiger charge is -2.34. The standard InChI is InChI=1S/C21H28N2O5/c1-4-15-7-9-21(10-8-15)19(25)23(20(26)22-21)12-18(24)28-13-16-11-14(2)5-6-17(16)27-3/h5-6,11,15H,4,7-10,12-13H2,1-3H3,(H,22,26). The Morgan fingerprint density at radius 2 is 2.00 bits per heavy atom. The summed E-state index contributed by atoms with van der Waals surface area (Å²) in [4.78, 5) is 38.5. The number of urea groups is 1. The van der Waals surface area contributed by atoms with Crippen LogP contribution < -0.4 is 10.1 Å². The lowest BCUT2D eigenvalue weighted by Crippen LogP contribution is -2.49. The van der Waals surface area contributed by atoms with E-state index >= 15 is 0 Å². The Kier molecular flexibility index (Phi) is 5.91. The maximum Gasteiger partial charge on any atom is 0.326 e. The summed E-state index contributed by atoms with van der Waals surface area (Å²) in [5.74, 6) is 0.294. The molecule has 3 rings (SSSR count). The highest BCUT2D eigenvalue weighted by Crippen LogP contribution is 2.37. The quantitative estimate of drug-likeness (QED) is 0.598. The van der Waals surface area contributed by atoms with E-state index in [1.165, 1.54) is 0 Å². The Morgan fingerprint density at radius 3 is 2.64 bits per heavy atom. The van der Waals surface area contributed by atoms with Crippen molar-refractivity contribution in [2.45, 2.75) is 58.1 Å². The summed E-state index contributed by atoms with van der Waals surface area (Å²) in [6.07, 6.45) is 4.16. The minimum atomic E-state index is -0.844. The molecular weight excluding hydrogens is 360 g/mol. The monoisotopic (exact) mass is 388 g/mol. The molecule has 0 aromatic heterocycles. The van der Waals surface area contributed by atoms with Crippen molar-refractivity contribution in [3.63, 3.8) is 0 Å². The second-order valence-corrected chi connectivity index (χ2v) is 7.73. The van der Waals surface area contributed by atoms with Crippen molar-refractivity contribution in [3.8, 4) is 5.75 Å². The predicted octanol–water partition coefficient (Wildman–Crippen LogP) is 2.94. The van der Waals surface area contributed by atoms with Crippen LogP contribution in [0.2, 0.25) is 0 Å². The molecule has 1 aromatic carbocycles. The van der Waals surface area contributed by atoms with Gasteiger partial charge in [-0.2, -0.15) is 0 Å². The summed E-state index contributed by atoms with van der Waals surface area (Å²) in [7, 11) is 1.55. The van der Waals surface area contributed by atoms with Gasteiger partial charge in [0.2, 0.25) is 0 Å². The topological polar surface area (TPSA) is 84.9 Å². The van der Waals surface area contributed by atoms with Crippen LogP contribution in [0.5, 0.6) is 5.75 Å². The largest absolute Gasteiger partial charge is 0.496 e. The van der Waals surface area contributed by atoms with Crippen LogP contribution in [-0.2, 0) is 20.9 Å². The molecule has 7 nitrogen and oxygen atoms in total. The first-order valence-electron chi connectivity index (χ1n) is 9.82. The molecule has 28 heavy (non-hydrogen) atoms. The molecule has 1 heterocycles. The first-order valence-corrected chi connectivity index (χ1v) is 9.82. The van der Waals surface area contributed by atoms with E-state index in [0.29, 0.717) is 24.5 Å². The fourth-order valence-corrected chi connectivity index (χ4v) is 4.09. The van der Waals surface area contributed by atoms with Gasteiger partial charge in [0.05, 0.1) is 7.11 Å². The fourth-order valence-electron chi connectivity index (χ4n) is 4.09. The molecule has 0 bridgehead atoms. The molecule has 0 atom stereocenters. The average molecular weight is 388 g/mol. The molecule has 1 aliphatic carbocycles. The van der Waals surface area contributed by atoms with E-state index in [1.807, 2.05) is 25.1 Å². The van der Waals surface area contributed by atoms with Gasteiger partial charge >= 0.3 is 12.0 Å². The zero-order valence-electron chi connectivity index (χ0n) is 16.7. The van der Waals surface area contributed by atoms with E-state index in [0.717, 1.165) is 35.3 Å². The number of ether oxygens (including phenoxy) is 2. The number of rotatable bonds is 6. The molecule has 2 aliphatic rings. The van der Waals surface area contributed by atoms with Gasteiger partial charge in [-0.1, -0.05) is 25.0 Å². The van der Waals surface area contributed by atoms with Gasteiger partial charge in [-0.15, -0.1) is 0 Å². The van der Waals surface area contributed by atoms with E-state index in [4.69, 9.17) is 9.47 Å². The van der Waals surface area contributed by atoms with E-state index in [-0.39, 0.29) is 19.1 Å². The Labute approximate surface area is 165 Å². The Hall–Kier alpha value is -2.57. The number of hydrogen-bond acceptors (Lipinski definition) is 5. The number of carbonyl (C=O) groups is 3. The van der Waals surface area contributed by atoms with Gasteiger partial charge in [0, 0.05) is 5.56 Å². The van der Waals surface area contributed by atoms with E-state index in [1.54, 1.807) is 7.11 Å². The predicted molar refractivity (Wildman–Crippen MR) is 103 cm³/mol. The van der Waals surface area contributed by atoms with Crippen molar-refractivity contribution in [2.24, 2.45) is 5.92 Å². The van der Waals surface area contributed by atoms with E-state index in [9.17, 15) is 14.4 Å². The summed E-state index contributed by atoms with van der Waals surface area (Å²) in [5, 5.41) is 2.83. The Bertz CT molecular complexity index is 768. The van der Waals surface area contributed by atoms with Gasteiger partial charge in [0.25, 0.3) is 5.91 Å². The molecule has 1 saturated heterocycles. The number of hydrogen-bond donors (Lipinski definition) is 1. The van der Waals surface area contributed by atoms with Gasteiger partial charge in [0.1, 0.15) is 24.4 Å². The van der Waals surface area contributed by atoms with Crippen molar-refractivity contribution in [1.82, 2.24) is 10.2 Å². The van der Waals surface area contributed by atoms with Gasteiger partial charge in [-0.3, -0.25) is 14.5 Å². The van der Waals surface area contributed by atoms with Crippen LogP contribution in [-0.4, -0.2) is 42.0 Å². The number of nitrogens with one attached hydrogen (secondary N) is 1. The van der Waals surface area contributed by atoms with Crippen LogP contribution in [0, 0.1) is 12.8 Å². The molecule has 2 fully saturated rings. The molecule has 1 spiro atoms. The highest BCUT2D eigenvalue weighted by atomic mass is 16.5. The first kappa shape index (κ1) is 20.2. The summed E-state index contributed by atoms with van der Waals surface area (Å²) in [6, 6.07) is 5.09. The zero-order chi connectivity index (χ0) is 20.3. The molecule has 7 heteroatoms. The summed E-state index contributed by atoms with van der Waals surface area (Å²) < 4.78 is 10.6. The van der Waals surface area contributed by atoms with Crippen LogP contribution in [0.3, 0.4) is 0 Å². The molecule has 0 unspecified atom stereocenters. The normalized spacial score (nSPS) is 24.4. The number of esters is 1. The number of nitrogens with zero attached hydrogens (tertiary/aromatic N) is 1. The average Bonchev–Trinajstić information content (AvgIpc) is 2.91. The highest BCUT2D eigenvalue weighted by Gasteiger charge is 2.52. The number of aryl methyl sites for hydroxylation is 1. The van der Waals surface area contributed by atoms with Crippen LogP contribution >= 0.6 is 0 Å². The lowest BCUT2D eigenvalue weighted by atomic mass is 9.75. The number of methoxy groups -OCH3 is 1. The first-order chi connectivity index (χ1) is 13.4. The Morgan fingerprint density at radius 1 is 1.29 bits per heavy atom. The second-order valence-electron chi connectivity index (χ2n) is 7.73. The van der Waals surface area contributed by atoms with Crippen molar-refractivity contribution in [2.75, 3.05) is 13.7 Å². The fraction of sp³-hybridized carbons (Fsp3) is 0.571. The molecule has 1 saturated carbocycles. The lowest BCUT2D eigenvalue weighted by molar-refractivity contribution is -0.149. The van der Waals surface area contributed by atoms with Crippen molar-refractivity contribution >= 4 is 17.9 Å². The number of benzene rings is 1. The molecule has 1 N–H and O–H groups in total. The van der Waals surface area contributed by atoms with Crippen molar-refractivity contribution in [3.05, 3.63) is 29.3 Å². The van der Waals surface area contributed by atoms with Crippen LogP contribution in [0.15, 0.2) is 18.2 Å². The molecule has 0 radical (unpaired) electrons.